The van der Waals surface area contributed by atoms with E-state index in [1.54, 1.807) is 12.0 Å². The number of carbonyl (C=O) groups excluding carboxylic acids is 1. The van der Waals surface area contributed by atoms with Crippen LogP contribution in [0.3, 0.4) is 0 Å². The smallest absolute Gasteiger partial charge is 0.322 e. The average Bonchev–Trinajstić information content (AvgIpc) is 3.07. The number of ether oxygens (including phenoxy) is 1. The molecule has 0 aliphatic carbocycles. The lowest BCUT2D eigenvalue weighted by Crippen LogP contribution is -2.34. The van der Waals surface area contributed by atoms with E-state index in [4.69, 9.17) is 4.74 Å². The molecule has 6 heteroatoms. The summed E-state index contributed by atoms with van der Waals surface area (Å²) < 4.78 is 31.8. The van der Waals surface area contributed by atoms with Gasteiger partial charge in [0, 0.05) is 12.6 Å². The van der Waals surface area contributed by atoms with Crippen LogP contribution in [0.2, 0.25) is 0 Å². The molecular weight excluding hydrogens is 314 g/mol. The Morgan fingerprint density at radius 1 is 1.21 bits per heavy atom. The molecule has 1 atom stereocenters. The number of benzene rings is 2. The number of halogens is 2. The van der Waals surface area contributed by atoms with Crippen molar-refractivity contribution < 1.29 is 18.3 Å². The van der Waals surface area contributed by atoms with Crippen LogP contribution >= 0.6 is 0 Å². The third-order valence-corrected chi connectivity index (χ3v) is 4.19. The maximum Gasteiger partial charge on any atom is 0.322 e. The molecule has 1 aliphatic rings. The van der Waals surface area contributed by atoms with E-state index >= 15 is 0 Å². The van der Waals surface area contributed by atoms with Gasteiger partial charge in [-0.15, -0.1) is 0 Å². The number of carbonyl (C=O) groups is 1. The van der Waals surface area contributed by atoms with Gasteiger partial charge in [-0.05, 0) is 42.7 Å². The lowest BCUT2D eigenvalue weighted by molar-refractivity contribution is 0.207. The number of anilines is 1. The van der Waals surface area contributed by atoms with Crippen LogP contribution in [-0.4, -0.2) is 24.6 Å². The minimum atomic E-state index is -0.788. The van der Waals surface area contributed by atoms with Crippen molar-refractivity contribution in [2.75, 3.05) is 19.0 Å². The van der Waals surface area contributed by atoms with Gasteiger partial charge in [0.05, 0.1) is 18.8 Å². The summed E-state index contributed by atoms with van der Waals surface area (Å²) in [6.45, 7) is 0.589. The molecule has 0 bridgehead atoms. The van der Waals surface area contributed by atoms with E-state index in [9.17, 15) is 13.6 Å². The zero-order chi connectivity index (χ0) is 17.1. The van der Waals surface area contributed by atoms with E-state index in [1.165, 1.54) is 6.07 Å². The monoisotopic (exact) mass is 332 g/mol. The number of hydrogen-bond donors (Lipinski definition) is 1. The summed E-state index contributed by atoms with van der Waals surface area (Å²) in [5, 5.41) is 2.52. The molecule has 3 rings (SSSR count). The Kier molecular flexibility index (Phi) is 4.64. The van der Waals surface area contributed by atoms with Crippen LogP contribution in [-0.2, 0) is 0 Å². The summed E-state index contributed by atoms with van der Waals surface area (Å²) in [4.78, 5) is 14.2. The molecule has 1 aliphatic heterocycles. The van der Waals surface area contributed by atoms with Crippen LogP contribution in [0.1, 0.15) is 24.4 Å². The van der Waals surface area contributed by atoms with Gasteiger partial charge in [-0.2, -0.15) is 0 Å². The topological polar surface area (TPSA) is 41.6 Å². The zero-order valence-corrected chi connectivity index (χ0v) is 13.3. The summed E-state index contributed by atoms with van der Waals surface area (Å²) in [5.74, 6) is -0.715. The first-order valence-corrected chi connectivity index (χ1v) is 7.75. The molecule has 24 heavy (non-hydrogen) atoms. The first-order valence-electron chi connectivity index (χ1n) is 7.75. The van der Waals surface area contributed by atoms with Crippen molar-refractivity contribution in [3.63, 3.8) is 0 Å². The maximum absolute atomic E-state index is 13.7. The fourth-order valence-electron chi connectivity index (χ4n) is 2.96. The van der Waals surface area contributed by atoms with Crippen molar-refractivity contribution >= 4 is 11.7 Å². The second kappa shape index (κ2) is 6.86. The van der Waals surface area contributed by atoms with Gasteiger partial charge in [0.2, 0.25) is 0 Å². The van der Waals surface area contributed by atoms with Gasteiger partial charge >= 0.3 is 6.03 Å². The molecule has 2 aromatic rings. The Balaban J connectivity index is 1.75. The SMILES string of the molecule is COc1ccc([C@H]2CCCN2C(=O)Nc2ccc(F)cc2F)cc1. The normalized spacial score (nSPS) is 17.0. The van der Waals surface area contributed by atoms with Gasteiger partial charge < -0.3 is 15.0 Å². The molecule has 0 radical (unpaired) electrons. The molecule has 0 saturated carbocycles. The molecular formula is C18H18F2N2O2. The first kappa shape index (κ1) is 16.2. The first-order chi connectivity index (χ1) is 11.6. The fraction of sp³-hybridized carbons (Fsp3) is 0.278. The molecule has 2 aromatic carbocycles. The van der Waals surface area contributed by atoms with Crippen molar-refractivity contribution in [3.8, 4) is 5.75 Å². The van der Waals surface area contributed by atoms with E-state index < -0.39 is 11.6 Å². The molecule has 1 saturated heterocycles. The van der Waals surface area contributed by atoms with Gasteiger partial charge in [0.15, 0.2) is 0 Å². The summed E-state index contributed by atoms with van der Waals surface area (Å²) in [5.41, 5.74) is 0.977. The number of nitrogens with zero attached hydrogens (tertiary/aromatic N) is 1. The largest absolute Gasteiger partial charge is 0.497 e. The molecule has 2 amide bonds. The quantitative estimate of drug-likeness (QED) is 0.908. The van der Waals surface area contributed by atoms with Crippen molar-refractivity contribution in [3.05, 3.63) is 59.7 Å². The second-order valence-electron chi connectivity index (χ2n) is 5.68. The highest BCUT2D eigenvalue weighted by molar-refractivity contribution is 5.90. The fourth-order valence-corrected chi connectivity index (χ4v) is 2.96. The molecule has 1 N–H and O–H groups in total. The Morgan fingerprint density at radius 3 is 2.62 bits per heavy atom. The Bertz CT molecular complexity index is 734. The van der Waals surface area contributed by atoms with Gasteiger partial charge in [-0.25, -0.2) is 13.6 Å². The van der Waals surface area contributed by atoms with Crippen LogP contribution in [0, 0.1) is 11.6 Å². The number of hydrogen-bond acceptors (Lipinski definition) is 2. The van der Waals surface area contributed by atoms with Gasteiger partial charge in [-0.3, -0.25) is 0 Å². The summed E-state index contributed by atoms with van der Waals surface area (Å²) in [7, 11) is 1.60. The lowest BCUT2D eigenvalue weighted by atomic mass is 10.0. The number of urea groups is 1. The highest BCUT2D eigenvalue weighted by atomic mass is 19.1. The minimum Gasteiger partial charge on any atom is -0.497 e. The second-order valence-corrected chi connectivity index (χ2v) is 5.68. The number of nitrogens with one attached hydrogen (secondary N) is 1. The zero-order valence-electron chi connectivity index (χ0n) is 13.3. The predicted molar refractivity (Wildman–Crippen MR) is 87.1 cm³/mol. The summed E-state index contributed by atoms with van der Waals surface area (Å²) in [6, 6.07) is 10.2. The van der Waals surface area contributed by atoms with E-state index in [0.717, 1.165) is 36.3 Å². The van der Waals surface area contributed by atoms with Gasteiger partial charge in [-0.1, -0.05) is 12.1 Å². The van der Waals surface area contributed by atoms with Crippen LogP contribution in [0.15, 0.2) is 42.5 Å². The highest BCUT2D eigenvalue weighted by Gasteiger charge is 2.30. The molecule has 1 fully saturated rings. The summed E-state index contributed by atoms with van der Waals surface area (Å²) in [6.07, 6.45) is 1.71. The Labute approximate surface area is 139 Å². The van der Waals surface area contributed by atoms with Gasteiger partial charge in [0.1, 0.15) is 17.4 Å². The van der Waals surface area contributed by atoms with Crippen LogP contribution in [0.4, 0.5) is 19.3 Å². The van der Waals surface area contributed by atoms with E-state index in [0.29, 0.717) is 6.54 Å². The molecule has 126 valence electrons. The lowest BCUT2D eigenvalue weighted by Gasteiger charge is -2.25. The number of methoxy groups -OCH3 is 1. The third-order valence-electron chi connectivity index (χ3n) is 4.19. The highest BCUT2D eigenvalue weighted by Crippen LogP contribution is 2.33. The Hall–Kier alpha value is -2.63. The van der Waals surface area contributed by atoms with E-state index in [1.807, 2.05) is 24.3 Å². The standard InChI is InChI=1S/C18H18F2N2O2/c1-24-14-7-4-12(5-8-14)17-3-2-10-22(17)18(23)21-16-9-6-13(19)11-15(16)20/h4-9,11,17H,2-3,10H2,1H3,(H,21,23)/t17-/m1/s1. The number of likely N-dealkylation sites (tertiary alicyclic amines) is 1. The Morgan fingerprint density at radius 2 is 1.96 bits per heavy atom. The van der Waals surface area contributed by atoms with Crippen molar-refractivity contribution in [1.29, 1.82) is 0 Å². The van der Waals surface area contributed by atoms with Crippen LogP contribution in [0.5, 0.6) is 5.75 Å². The van der Waals surface area contributed by atoms with E-state index in [-0.39, 0.29) is 17.8 Å². The molecule has 0 unspecified atom stereocenters. The van der Waals surface area contributed by atoms with E-state index in [2.05, 4.69) is 5.32 Å². The molecule has 0 aromatic heterocycles. The van der Waals surface area contributed by atoms with Crippen LogP contribution < -0.4 is 10.1 Å². The van der Waals surface area contributed by atoms with Gasteiger partial charge in [0.25, 0.3) is 0 Å². The predicted octanol–water partition coefficient (Wildman–Crippen LogP) is 4.34. The van der Waals surface area contributed by atoms with Crippen molar-refractivity contribution in [2.24, 2.45) is 0 Å². The molecule has 0 spiro atoms. The van der Waals surface area contributed by atoms with Crippen molar-refractivity contribution in [2.45, 2.75) is 18.9 Å². The summed E-state index contributed by atoms with van der Waals surface area (Å²) >= 11 is 0. The average molecular weight is 332 g/mol. The molecule has 1 heterocycles. The number of rotatable bonds is 3. The number of amides is 2. The van der Waals surface area contributed by atoms with Crippen molar-refractivity contribution in [1.82, 2.24) is 4.90 Å². The molecule has 4 nitrogen and oxygen atoms in total. The van der Waals surface area contributed by atoms with Crippen LogP contribution in [0.25, 0.3) is 0 Å². The minimum absolute atomic E-state index is 0.0261. The maximum atomic E-state index is 13.7. The third kappa shape index (κ3) is 3.32.